The van der Waals surface area contributed by atoms with Gasteiger partial charge in [0.2, 0.25) is 0 Å². The molecule has 3 saturated carbocycles. The molecule has 1 N–H and O–H groups in total. The van der Waals surface area contributed by atoms with Crippen molar-refractivity contribution in [1.29, 1.82) is 0 Å². The van der Waals surface area contributed by atoms with E-state index < -0.39 is 11.4 Å². The number of methoxy groups -OCH3 is 1. The molecule has 0 unspecified atom stereocenters. The summed E-state index contributed by atoms with van der Waals surface area (Å²) in [5, 5.41) is 9.13. The monoisotopic (exact) mass is 362 g/mol. The molecule has 6 atom stereocenters. The minimum Gasteiger partial charge on any atom is -0.478 e. The first-order chi connectivity index (χ1) is 12.1. The summed E-state index contributed by atoms with van der Waals surface area (Å²) in [6.45, 7) is 6.22. The smallest absolute Gasteiger partial charge is 0.328 e. The lowest BCUT2D eigenvalue weighted by Gasteiger charge is -2.60. The molecule has 5 heteroatoms. The first-order valence-corrected chi connectivity index (χ1v) is 9.69. The minimum absolute atomic E-state index is 0.00199. The number of allylic oxidation sites excluding steroid dienone is 1. The molecule has 3 aliphatic carbocycles. The lowest BCUT2D eigenvalue weighted by Crippen LogP contribution is -2.59. The third-order valence-corrected chi connectivity index (χ3v) is 7.86. The van der Waals surface area contributed by atoms with Gasteiger partial charge in [0.1, 0.15) is 5.78 Å². The highest BCUT2D eigenvalue weighted by molar-refractivity contribution is 5.86. The zero-order chi connectivity index (χ0) is 19.3. The van der Waals surface area contributed by atoms with E-state index in [4.69, 9.17) is 9.84 Å². The number of hydrogen-bond acceptors (Lipinski definition) is 4. The zero-order valence-corrected chi connectivity index (χ0v) is 16.2. The molecule has 0 aromatic heterocycles. The molecule has 3 rings (SSSR count). The Morgan fingerprint density at radius 2 is 1.96 bits per heavy atom. The summed E-state index contributed by atoms with van der Waals surface area (Å²) in [7, 11) is 1.43. The molecule has 0 aromatic rings. The fraction of sp³-hybridized carbons (Fsp3) is 0.762. The van der Waals surface area contributed by atoms with E-state index in [2.05, 4.69) is 6.92 Å². The van der Waals surface area contributed by atoms with Crippen LogP contribution in [0.15, 0.2) is 11.6 Å². The Labute approximate surface area is 155 Å². The lowest BCUT2D eigenvalue weighted by molar-refractivity contribution is -0.178. The number of Topliss-reactive ketones (excluding diaryl/α,β-unsaturated/α-hetero) is 1. The summed E-state index contributed by atoms with van der Waals surface area (Å²) in [6, 6.07) is 0. The van der Waals surface area contributed by atoms with Crippen LogP contribution < -0.4 is 0 Å². The van der Waals surface area contributed by atoms with Crippen LogP contribution >= 0.6 is 0 Å². The Bertz CT molecular complexity index is 665. The van der Waals surface area contributed by atoms with Crippen LogP contribution in [0.25, 0.3) is 0 Å². The summed E-state index contributed by atoms with van der Waals surface area (Å²) in [5.74, 6) is -0.903. The minimum atomic E-state index is -0.937. The zero-order valence-electron chi connectivity index (χ0n) is 16.2. The first-order valence-electron chi connectivity index (χ1n) is 9.69. The maximum atomic E-state index is 13.1. The molecule has 0 heterocycles. The first kappa shape index (κ1) is 19.1. The number of esters is 1. The molecule has 5 nitrogen and oxygen atoms in total. The Balaban J connectivity index is 1.99. The molecule has 0 aliphatic heterocycles. The number of aliphatic carboxylic acids is 1. The van der Waals surface area contributed by atoms with E-state index in [1.807, 2.05) is 13.8 Å². The van der Waals surface area contributed by atoms with Crippen molar-refractivity contribution in [3.8, 4) is 0 Å². The van der Waals surface area contributed by atoms with Crippen molar-refractivity contribution in [2.45, 2.75) is 59.3 Å². The van der Waals surface area contributed by atoms with Crippen molar-refractivity contribution >= 4 is 17.7 Å². The maximum Gasteiger partial charge on any atom is 0.328 e. The van der Waals surface area contributed by atoms with E-state index in [1.54, 1.807) is 0 Å². The molecular formula is C21H30O5. The second kappa shape index (κ2) is 6.50. The van der Waals surface area contributed by atoms with Gasteiger partial charge in [0, 0.05) is 18.4 Å². The molecule has 0 aromatic carbocycles. The summed E-state index contributed by atoms with van der Waals surface area (Å²) in [4.78, 5) is 36.8. The van der Waals surface area contributed by atoms with E-state index >= 15 is 0 Å². The Kier molecular flexibility index (Phi) is 4.78. The van der Waals surface area contributed by atoms with Gasteiger partial charge in [-0.2, -0.15) is 0 Å². The number of rotatable bonds is 2. The van der Waals surface area contributed by atoms with Crippen LogP contribution in [0.1, 0.15) is 59.3 Å². The average molecular weight is 362 g/mol. The predicted octanol–water partition coefficient (Wildman–Crippen LogP) is 3.62. The highest BCUT2D eigenvalue weighted by atomic mass is 16.5. The molecule has 26 heavy (non-hydrogen) atoms. The van der Waals surface area contributed by atoms with Crippen molar-refractivity contribution in [3.63, 3.8) is 0 Å². The number of ether oxygens (including phenoxy) is 1. The van der Waals surface area contributed by atoms with Crippen molar-refractivity contribution in [1.82, 2.24) is 0 Å². The van der Waals surface area contributed by atoms with E-state index in [-0.39, 0.29) is 40.8 Å². The number of carboxylic acid groups (broad SMARTS) is 1. The third kappa shape index (κ3) is 2.71. The predicted molar refractivity (Wildman–Crippen MR) is 96.3 cm³/mol. The van der Waals surface area contributed by atoms with Crippen molar-refractivity contribution < 1.29 is 24.2 Å². The van der Waals surface area contributed by atoms with E-state index in [1.165, 1.54) is 13.2 Å². The largest absolute Gasteiger partial charge is 0.478 e. The molecule has 3 aliphatic rings. The van der Waals surface area contributed by atoms with Crippen LogP contribution in [0.4, 0.5) is 0 Å². The van der Waals surface area contributed by atoms with Crippen LogP contribution in [-0.2, 0) is 19.1 Å². The van der Waals surface area contributed by atoms with Crippen molar-refractivity contribution in [2.24, 2.45) is 34.5 Å². The SMILES string of the molecule is COC(=O)[C@@]1(C)CCC[C@@]2(C)[C@H]1CC(=O)[C@H]1[C@@H](C)/C(=C/C(=O)O)CC[C@@H]12. The third-order valence-electron chi connectivity index (χ3n) is 7.86. The van der Waals surface area contributed by atoms with Crippen LogP contribution in [0, 0.1) is 34.5 Å². The van der Waals surface area contributed by atoms with Crippen molar-refractivity contribution in [2.75, 3.05) is 7.11 Å². The molecular weight excluding hydrogens is 332 g/mol. The van der Waals surface area contributed by atoms with Gasteiger partial charge < -0.3 is 9.84 Å². The van der Waals surface area contributed by atoms with Gasteiger partial charge in [-0.25, -0.2) is 4.79 Å². The fourth-order valence-electron chi connectivity index (χ4n) is 6.54. The second-order valence-electron chi connectivity index (χ2n) is 9.01. The Morgan fingerprint density at radius 3 is 2.58 bits per heavy atom. The number of fused-ring (bicyclic) bond motifs is 3. The highest BCUT2D eigenvalue weighted by Gasteiger charge is 2.62. The molecule has 0 spiro atoms. The number of carboxylic acids is 1. The second-order valence-corrected chi connectivity index (χ2v) is 9.01. The van der Waals surface area contributed by atoms with E-state index in [0.29, 0.717) is 6.42 Å². The van der Waals surface area contributed by atoms with Crippen LogP contribution in [0.2, 0.25) is 0 Å². The molecule has 0 radical (unpaired) electrons. The topological polar surface area (TPSA) is 80.7 Å². The van der Waals surface area contributed by atoms with Gasteiger partial charge in [-0.3, -0.25) is 9.59 Å². The van der Waals surface area contributed by atoms with E-state index in [0.717, 1.165) is 37.7 Å². The summed E-state index contributed by atoms with van der Waals surface area (Å²) in [5.41, 5.74) is 0.187. The lowest BCUT2D eigenvalue weighted by atomic mass is 9.43. The quantitative estimate of drug-likeness (QED) is 0.599. The van der Waals surface area contributed by atoms with Crippen LogP contribution in [0.3, 0.4) is 0 Å². The number of carbonyl (C=O) groups is 3. The molecule has 3 fully saturated rings. The molecule has 0 bridgehead atoms. The molecule has 0 saturated heterocycles. The van der Waals surface area contributed by atoms with Crippen LogP contribution in [-0.4, -0.2) is 29.9 Å². The number of hydrogen-bond donors (Lipinski definition) is 1. The normalized spacial score (nSPS) is 44.2. The van der Waals surface area contributed by atoms with Gasteiger partial charge in [0.05, 0.1) is 12.5 Å². The standard InChI is InChI=1S/C21H30O5/c1-12-13(10-17(23)24)6-7-14-18(12)15(22)11-16-20(14,2)8-5-9-21(16,3)19(25)26-4/h10,12,14,16,18H,5-9,11H2,1-4H3,(H,23,24)/b13-10+/t12-,14-,16+,18-,20+,21-/m0/s1. The Hall–Kier alpha value is -1.65. The number of carbonyl (C=O) groups excluding carboxylic acids is 2. The summed E-state index contributed by atoms with van der Waals surface area (Å²) >= 11 is 0. The van der Waals surface area contributed by atoms with Gasteiger partial charge in [-0.05, 0) is 55.8 Å². The fourth-order valence-corrected chi connectivity index (χ4v) is 6.54. The molecule has 144 valence electrons. The average Bonchev–Trinajstić information content (AvgIpc) is 2.58. The van der Waals surface area contributed by atoms with Gasteiger partial charge >= 0.3 is 11.9 Å². The van der Waals surface area contributed by atoms with Gasteiger partial charge in [-0.15, -0.1) is 0 Å². The van der Waals surface area contributed by atoms with Gasteiger partial charge in [-0.1, -0.05) is 25.8 Å². The van der Waals surface area contributed by atoms with Crippen molar-refractivity contribution in [3.05, 3.63) is 11.6 Å². The molecule has 0 amide bonds. The Morgan fingerprint density at radius 1 is 1.27 bits per heavy atom. The maximum absolute atomic E-state index is 13.1. The number of ketones is 1. The summed E-state index contributed by atoms with van der Waals surface area (Å²) < 4.78 is 5.12. The van der Waals surface area contributed by atoms with E-state index in [9.17, 15) is 14.4 Å². The summed E-state index contributed by atoms with van der Waals surface area (Å²) in [6.07, 6.45) is 5.98. The van der Waals surface area contributed by atoms with Crippen LogP contribution in [0.5, 0.6) is 0 Å². The van der Waals surface area contributed by atoms with Gasteiger partial charge in [0.25, 0.3) is 0 Å². The van der Waals surface area contributed by atoms with Gasteiger partial charge in [0.15, 0.2) is 0 Å². The highest BCUT2D eigenvalue weighted by Crippen LogP contribution is 2.64.